The number of nitrogens with one attached hydrogen (secondary N) is 1. The van der Waals surface area contributed by atoms with Crippen molar-refractivity contribution in [3.8, 4) is 17.0 Å². The van der Waals surface area contributed by atoms with Crippen molar-refractivity contribution >= 4 is 5.91 Å². The Kier molecular flexibility index (Phi) is 6.64. The number of amides is 1. The monoisotopic (exact) mass is 352 g/mol. The molecule has 0 atom stereocenters. The van der Waals surface area contributed by atoms with Gasteiger partial charge in [-0.2, -0.15) is 0 Å². The van der Waals surface area contributed by atoms with Gasteiger partial charge in [0.25, 0.3) is 0 Å². The molecule has 1 aliphatic carbocycles. The van der Waals surface area contributed by atoms with E-state index >= 15 is 0 Å². The van der Waals surface area contributed by atoms with Gasteiger partial charge in [-0.3, -0.25) is 4.79 Å². The minimum atomic E-state index is 0.0328. The number of carbonyl (C=O) groups is 1. The number of hydrogen-bond acceptors (Lipinski definition) is 3. The van der Waals surface area contributed by atoms with Gasteiger partial charge in [0.1, 0.15) is 0 Å². The number of rotatable bonds is 8. The minimum absolute atomic E-state index is 0.0328. The lowest BCUT2D eigenvalue weighted by molar-refractivity contribution is -0.120. The van der Waals surface area contributed by atoms with E-state index in [1.165, 1.54) is 25.7 Å². The first-order chi connectivity index (χ1) is 12.8. The van der Waals surface area contributed by atoms with Crippen molar-refractivity contribution in [3.63, 3.8) is 0 Å². The summed E-state index contributed by atoms with van der Waals surface area (Å²) in [6.45, 7) is 3.26. The van der Waals surface area contributed by atoms with Crippen LogP contribution in [0.2, 0.25) is 0 Å². The molecule has 1 heterocycles. The lowest BCUT2D eigenvalue weighted by atomic mass is 10.0. The summed E-state index contributed by atoms with van der Waals surface area (Å²) in [5.41, 5.74) is 2.76. The average Bonchev–Trinajstić information content (AvgIpc) is 3.16. The molecule has 0 saturated heterocycles. The van der Waals surface area contributed by atoms with E-state index in [-0.39, 0.29) is 5.91 Å². The van der Waals surface area contributed by atoms with Crippen molar-refractivity contribution in [1.82, 2.24) is 10.3 Å². The Morgan fingerprint density at radius 2 is 1.92 bits per heavy atom. The summed E-state index contributed by atoms with van der Waals surface area (Å²) in [6, 6.07) is 14.0. The van der Waals surface area contributed by atoms with E-state index < -0.39 is 0 Å². The van der Waals surface area contributed by atoms with Gasteiger partial charge >= 0.3 is 0 Å². The molecule has 1 aromatic carbocycles. The van der Waals surface area contributed by atoms with Crippen LogP contribution in [-0.4, -0.2) is 24.0 Å². The molecule has 0 radical (unpaired) electrons. The van der Waals surface area contributed by atoms with Crippen molar-refractivity contribution in [2.45, 2.75) is 45.4 Å². The molecule has 4 nitrogen and oxygen atoms in total. The van der Waals surface area contributed by atoms with Gasteiger partial charge in [0.15, 0.2) is 0 Å². The van der Waals surface area contributed by atoms with E-state index in [9.17, 15) is 4.79 Å². The van der Waals surface area contributed by atoms with Gasteiger partial charge in [0, 0.05) is 12.1 Å². The van der Waals surface area contributed by atoms with E-state index in [0.717, 1.165) is 35.7 Å². The molecule has 138 valence electrons. The summed E-state index contributed by atoms with van der Waals surface area (Å²) in [4.78, 5) is 16.8. The molecule has 3 rings (SSSR count). The highest BCUT2D eigenvalue weighted by molar-refractivity contribution is 5.78. The Hall–Kier alpha value is -2.36. The summed E-state index contributed by atoms with van der Waals surface area (Å²) in [6.07, 6.45) is 6.70. The highest BCUT2D eigenvalue weighted by atomic mass is 16.5. The Balaban J connectivity index is 1.60. The fraction of sp³-hybridized carbons (Fsp3) is 0.455. The number of pyridine rings is 1. The first kappa shape index (κ1) is 18.4. The van der Waals surface area contributed by atoms with Crippen LogP contribution in [0.15, 0.2) is 42.5 Å². The Morgan fingerprint density at radius 3 is 2.65 bits per heavy atom. The largest absolute Gasteiger partial charge is 0.478 e. The summed E-state index contributed by atoms with van der Waals surface area (Å²) in [7, 11) is 0. The molecule has 4 heteroatoms. The van der Waals surface area contributed by atoms with Gasteiger partial charge in [-0.1, -0.05) is 56.0 Å². The first-order valence-electron chi connectivity index (χ1n) is 9.71. The fourth-order valence-electron chi connectivity index (χ4n) is 3.60. The van der Waals surface area contributed by atoms with E-state index in [4.69, 9.17) is 4.74 Å². The van der Waals surface area contributed by atoms with Crippen LogP contribution in [0, 0.1) is 5.92 Å². The molecular weight excluding hydrogens is 324 g/mol. The average molecular weight is 352 g/mol. The molecule has 2 aromatic rings. The van der Waals surface area contributed by atoms with Crippen LogP contribution in [0.5, 0.6) is 5.88 Å². The Morgan fingerprint density at radius 1 is 1.15 bits per heavy atom. The normalized spacial score (nSPS) is 14.3. The third-order valence-corrected chi connectivity index (χ3v) is 4.97. The number of aromatic nitrogens is 1. The number of benzene rings is 1. The lowest BCUT2D eigenvalue weighted by Gasteiger charge is -2.12. The summed E-state index contributed by atoms with van der Waals surface area (Å²) >= 11 is 0. The van der Waals surface area contributed by atoms with E-state index in [1.54, 1.807) is 0 Å². The van der Waals surface area contributed by atoms with E-state index in [0.29, 0.717) is 18.9 Å². The van der Waals surface area contributed by atoms with Gasteiger partial charge in [0.05, 0.1) is 18.7 Å². The van der Waals surface area contributed by atoms with Crippen LogP contribution in [-0.2, 0) is 11.2 Å². The second-order valence-electron chi connectivity index (χ2n) is 6.92. The standard InChI is InChI=1S/C22H28N2O2/c1-2-26-22-20(18-10-4-3-5-11-18)13-12-19(24-22)16-21(25)23-15-14-17-8-6-7-9-17/h3-5,10-13,17H,2,6-9,14-16H2,1H3,(H,23,25). The molecule has 0 bridgehead atoms. The molecular formula is C22H28N2O2. The van der Waals surface area contributed by atoms with Crippen molar-refractivity contribution in [3.05, 3.63) is 48.2 Å². The van der Waals surface area contributed by atoms with E-state index in [1.807, 2.05) is 49.4 Å². The van der Waals surface area contributed by atoms with Crippen molar-refractivity contribution in [2.75, 3.05) is 13.2 Å². The molecule has 1 N–H and O–H groups in total. The number of carbonyl (C=O) groups excluding carboxylic acids is 1. The molecule has 1 fully saturated rings. The molecule has 26 heavy (non-hydrogen) atoms. The second-order valence-corrected chi connectivity index (χ2v) is 6.92. The second kappa shape index (κ2) is 9.37. The number of hydrogen-bond donors (Lipinski definition) is 1. The van der Waals surface area contributed by atoms with Crippen LogP contribution in [0.25, 0.3) is 11.1 Å². The van der Waals surface area contributed by atoms with Crippen LogP contribution in [0.3, 0.4) is 0 Å². The molecule has 0 unspecified atom stereocenters. The summed E-state index contributed by atoms with van der Waals surface area (Å²) < 4.78 is 5.72. The number of ether oxygens (including phenoxy) is 1. The van der Waals surface area contributed by atoms with Gasteiger partial charge < -0.3 is 10.1 Å². The predicted molar refractivity (Wildman–Crippen MR) is 104 cm³/mol. The van der Waals surface area contributed by atoms with Gasteiger partial charge in [-0.15, -0.1) is 0 Å². The molecule has 1 aromatic heterocycles. The summed E-state index contributed by atoms with van der Waals surface area (Å²) in [5.74, 6) is 1.42. The SMILES string of the molecule is CCOc1nc(CC(=O)NCCC2CCCC2)ccc1-c1ccccc1. The van der Waals surface area contributed by atoms with Crippen LogP contribution >= 0.6 is 0 Å². The molecule has 1 saturated carbocycles. The first-order valence-corrected chi connectivity index (χ1v) is 9.71. The molecule has 0 aliphatic heterocycles. The fourth-order valence-corrected chi connectivity index (χ4v) is 3.60. The quantitative estimate of drug-likeness (QED) is 0.767. The molecule has 1 aliphatic rings. The Bertz CT molecular complexity index is 709. The van der Waals surface area contributed by atoms with Crippen molar-refractivity contribution < 1.29 is 9.53 Å². The zero-order chi connectivity index (χ0) is 18.2. The topological polar surface area (TPSA) is 51.2 Å². The van der Waals surface area contributed by atoms with Crippen molar-refractivity contribution in [1.29, 1.82) is 0 Å². The highest BCUT2D eigenvalue weighted by Crippen LogP contribution is 2.29. The minimum Gasteiger partial charge on any atom is -0.478 e. The highest BCUT2D eigenvalue weighted by Gasteiger charge is 2.15. The van der Waals surface area contributed by atoms with Crippen LogP contribution in [0.1, 0.15) is 44.7 Å². The van der Waals surface area contributed by atoms with Crippen LogP contribution in [0.4, 0.5) is 0 Å². The predicted octanol–water partition coefficient (Wildman–Crippen LogP) is 4.39. The summed E-state index contributed by atoms with van der Waals surface area (Å²) in [5, 5.41) is 3.04. The lowest BCUT2D eigenvalue weighted by Crippen LogP contribution is -2.27. The zero-order valence-electron chi connectivity index (χ0n) is 15.5. The van der Waals surface area contributed by atoms with Crippen molar-refractivity contribution in [2.24, 2.45) is 5.92 Å². The van der Waals surface area contributed by atoms with Gasteiger partial charge in [0.2, 0.25) is 11.8 Å². The Labute approximate surface area is 156 Å². The third kappa shape index (κ3) is 5.07. The maximum absolute atomic E-state index is 12.2. The smallest absolute Gasteiger partial charge is 0.226 e. The molecule has 0 spiro atoms. The van der Waals surface area contributed by atoms with E-state index in [2.05, 4.69) is 10.3 Å². The van der Waals surface area contributed by atoms with Gasteiger partial charge in [-0.05, 0) is 37.0 Å². The maximum Gasteiger partial charge on any atom is 0.226 e. The van der Waals surface area contributed by atoms with Crippen LogP contribution < -0.4 is 10.1 Å². The number of nitrogens with zero attached hydrogens (tertiary/aromatic N) is 1. The zero-order valence-corrected chi connectivity index (χ0v) is 15.5. The van der Waals surface area contributed by atoms with Gasteiger partial charge in [-0.25, -0.2) is 4.98 Å². The maximum atomic E-state index is 12.2. The third-order valence-electron chi connectivity index (χ3n) is 4.97. The molecule has 1 amide bonds.